The van der Waals surface area contributed by atoms with E-state index < -0.39 is 5.54 Å². The molecule has 200 valence electrons. The number of nitrogens with zero attached hydrogens (tertiary/aromatic N) is 5. The van der Waals surface area contributed by atoms with E-state index in [1.165, 1.54) is 7.11 Å². The highest BCUT2D eigenvalue weighted by atomic mass is 16.5. The summed E-state index contributed by atoms with van der Waals surface area (Å²) in [5.74, 6) is 0.301. The van der Waals surface area contributed by atoms with E-state index in [1.54, 1.807) is 0 Å². The number of fused-ring (bicyclic) bond motifs is 1. The molecular weight excluding hydrogens is 492 g/mol. The molecule has 2 atom stereocenters. The Bertz CT molecular complexity index is 1580. The number of carbonyl (C=O) groups excluding carboxylic acids is 1. The number of tetrazole rings is 1. The molecule has 0 saturated heterocycles. The third-order valence-corrected chi connectivity index (χ3v) is 8.12. The first-order valence-electron chi connectivity index (χ1n) is 13.6. The standard InChI is InChI=1S/C30H32N6O3/c1-3-4-5-10-26-25(28(37)35-22-15-17-30(18-16-22,36(26)35)29(38)39-2)19-20-11-13-21(14-12-20)23-8-6-7-9-24(23)27-31-33-34-32-27/h6-9,11-15,17,22H,3-5,10,16,18-19H2,1-2H3,(H,31,32,33,34). The van der Waals surface area contributed by atoms with Crippen LogP contribution in [0.5, 0.6) is 0 Å². The molecule has 4 aromatic rings. The predicted octanol–water partition coefficient (Wildman–Crippen LogP) is 4.59. The largest absolute Gasteiger partial charge is 0.467 e. The van der Waals surface area contributed by atoms with E-state index in [4.69, 9.17) is 4.74 Å². The van der Waals surface area contributed by atoms with Crippen LogP contribution in [-0.4, -0.2) is 43.1 Å². The number of ether oxygens (including phenoxy) is 1. The number of H-pyrrole nitrogens is 1. The zero-order valence-electron chi connectivity index (χ0n) is 22.3. The van der Waals surface area contributed by atoms with E-state index in [1.807, 2.05) is 45.8 Å². The van der Waals surface area contributed by atoms with Gasteiger partial charge >= 0.3 is 5.97 Å². The first kappa shape index (κ1) is 25.0. The molecule has 7 rings (SSSR count). The molecule has 4 heterocycles. The molecule has 2 aromatic heterocycles. The molecule has 2 aliphatic heterocycles. The maximum atomic E-state index is 13.9. The summed E-state index contributed by atoms with van der Waals surface area (Å²) in [6.45, 7) is 2.17. The Morgan fingerprint density at radius 3 is 2.59 bits per heavy atom. The Labute approximate surface area is 226 Å². The van der Waals surface area contributed by atoms with Crippen LogP contribution in [0.15, 0.2) is 65.5 Å². The van der Waals surface area contributed by atoms with Crippen LogP contribution in [0, 0.1) is 0 Å². The molecular formula is C30H32N6O3. The molecule has 2 unspecified atom stereocenters. The van der Waals surface area contributed by atoms with Crippen molar-refractivity contribution >= 4 is 5.97 Å². The maximum Gasteiger partial charge on any atom is 0.337 e. The van der Waals surface area contributed by atoms with Gasteiger partial charge in [0.1, 0.15) is 0 Å². The fourth-order valence-corrected chi connectivity index (χ4v) is 6.17. The van der Waals surface area contributed by atoms with Gasteiger partial charge in [-0.3, -0.25) is 9.48 Å². The Balaban J connectivity index is 1.38. The number of allylic oxidation sites excluding steroid dienone is 1. The van der Waals surface area contributed by atoms with E-state index in [9.17, 15) is 9.59 Å². The van der Waals surface area contributed by atoms with Gasteiger partial charge in [0.15, 0.2) is 11.4 Å². The number of nitrogens with one attached hydrogen (secondary N) is 1. The van der Waals surface area contributed by atoms with Gasteiger partial charge in [-0.25, -0.2) is 14.6 Å². The molecule has 0 saturated carbocycles. The van der Waals surface area contributed by atoms with Crippen molar-refractivity contribution in [3.8, 4) is 22.5 Å². The summed E-state index contributed by atoms with van der Waals surface area (Å²) in [6.07, 6.45) is 9.71. The Kier molecular flexibility index (Phi) is 6.50. The number of aromatic amines is 1. The number of aromatic nitrogens is 6. The second kappa shape index (κ2) is 10.1. The molecule has 0 fully saturated rings. The van der Waals surface area contributed by atoms with Crippen LogP contribution in [0.2, 0.25) is 0 Å². The van der Waals surface area contributed by atoms with Gasteiger partial charge < -0.3 is 4.74 Å². The van der Waals surface area contributed by atoms with Crippen LogP contribution in [0.4, 0.5) is 0 Å². The number of carbonyl (C=O) groups is 1. The van der Waals surface area contributed by atoms with Crippen molar-refractivity contribution in [2.75, 3.05) is 7.11 Å². The maximum absolute atomic E-state index is 13.9. The number of esters is 1. The van der Waals surface area contributed by atoms with Crippen LogP contribution in [-0.2, 0) is 27.9 Å². The van der Waals surface area contributed by atoms with Crippen LogP contribution >= 0.6 is 0 Å². The molecule has 3 aliphatic rings. The summed E-state index contributed by atoms with van der Waals surface area (Å²) in [5.41, 5.74) is 4.79. The first-order chi connectivity index (χ1) is 19.1. The summed E-state index contributed by atoms with van der Waals surface area (Å²) in [5, 5.41) is 14.3. The minimum absolute atomic E-state index is 0.00364. The van der Waals surface area contributed by atoms with E-state index in [2.05, 4.69) is 51.8 Å². The van der Waals surface area contributed by atoms with Gasteiger partial charge in [0.25, 0.3) is 5.56 Å². The summed E-state index contributed by atoms with van der Waals surface area (Å²) in [4.78, 5) is 27.0. The van der Waals surface area contributed by atoms with Crippen molar-refractivity contribution in [1.82, 2.24) is 30.0 Å². The normalized spacial score (nSPS) is 19.3. The third-order valence-electron chi connectivity index (χ3n) is 8.12. The van der Waals surface area contributed by atoms with Crippen LogP contribution in [0.25, 0.3) is 22.5 Å². The SMILES string of the molecule is CCCCCc1c(Cc2ccc(-c3ccccc3-c3nnn[nH]3)cc2)c(=O)n2n1C1(C(=O)OC)C=CC2CC1. The van der Waals surface area contributed by atoms with Gasteiger partial charge in [-0.15, -0.1) is 5.10 Å². The van der Waals surface area contributed by atoms with Gasteiger partial charge in [0.05, 0.1) is 13.2 Å². The fourth-order valence-electron chi connectivity index (χ4n) is 6.17. The molecule has 2 aromatic carbocycles. The van der Waals surface area contributed by atoms with Crippen molar-refractivity contribution < 1.29 is 9.53 Å². The summed E-state index contributed by atoms with van der Waals surface area (Å²) in [7, 11) is 1.42. The molecule has 0 spiro atoms. The average molecular weight is 525 g/mol. The Morgan fingerprint density at radius 1 is 1.13 bits per heavy atom. The predicted molar refractivity (Wildman–Crippen MR) is 147 cm³/mol. The lowest BCUT2D eigenvalue weighted by Gasteiger charge is -2.43. The second-order valence-corrected chi connectivity index (χ2v) is 10.4. The number of hydrogen-bond acceptors (Lipinski definition) is 6. The number of hydrogen-bond donors (Lipinski definition) is 1. The summed E-state index contributed by atoms with van der Waals surface area (Å²) < 4.78 is 9.06. The highest BCUT2D eigenvalue weighted by Gasteiger charge is 2.50. The van der Waals surface area contributed by atoms with E-state index in [0.717, 1.165) is 65.6 Å². The summed E-state index contributed by atoms with van der Waals surface area (Å²) in [6, 6.07) is 16.2. The lowest BCUT2D eigenvalue weighted by atomic mass is 9.83. The van der Waals surface area contributed by atoms with Gasteiger partial charge in [-0.05, 0) is 58.9 Å². The lowest BCUT2D eigenvalue weighted by Crippen LogP contribution is -2.53. The highest BCUT2D eigenvalue weighted by molar-refractivity contribution is 5.82. The quantitative estimate of drug-likeness (QED) is 0.195. The van der Waals surface area contributed by atoms with Crippen LogP contribution < -0.4 is 5.56 Å². The first-order valence-corrected chi connectivity index (χ1v) is 13.6. The van der Waals surface area contributed by atoms with Crippen LogP contribution in [0.3, 0.4) is 0 Å². The van der Waals surface area contributed by atoms with Crippen molar-refractivity contribution in [2.45, 2.75) is 63.5 Å². The topological polar surface area (TPSA) is 108 Å². The fraction of sp³-hybridized carbons (Fsp3) is 0.367. The van der Waals surface area contributed by atoms with Crippen molar-refractivity contribution in [3.05, 3.63) is 87.9 Å². The van der Waals surface area contributed by atoms with Crippen molar-refractivity contribution in [3.63, 3.8) is 0 Å². The number of benzene rings is 2. The molecule has 9 heteroatoms. The molecule has 9 nitrogen and oxygen atoms in total. The third kappa shape index (κ3) is 4.13. The van der Waals surface area contributed by atoms with Gasteiger partial charge in [0, 0.05) is 23.2 Å². The molecule has 39 heavy (non-hydrogen) atoms. The zero-order valence-corrected chi connectivity index (χ0v) is 22.3. The molecule has 1 aliphatic carbocycles. The van der Waals surface area contributed by atoms with Gasteiger partial charge in [-0.1, -0.05) is 74.4 Å². The molecule has 0 amide bonds. The highest BCUT2D eigenvalue weighted by Crippen LogP contribution is 2.42. The smallest absolute Gasteiger partial charge is 0.337 e. The zero-order chi connectivity index (χ0) is 27.0. The molecule has 0 radical (unpaired) electrons. The van der Waals surface area contributed by atoms with Crippen LogP contribution in [0.1, 0.15) is 61.9 Å². The Morgan fingerprint density at radius 2 is 1.92 bits per heavy atom. The minimum atomic E-state index is -0.953. The monoisotopic (exact) mass is 524 g/mol. The second-order valence-electron chi connectivity index (χ2n) is 10.4. The van der Waals surface area contributed by atoms with E-state index in [0.29, 0.717) is 18.7 Å². The summed E-state index contributed by atoms with van der Waals surface area (Å²) >= 11 is 0. The van der Waals surface area contributed by atoms with Crippen molar-refractivity contribution in [1.29, 1.82) is 0 Å². The number of rotatable bonds is 9. The number of methoxy groups -OCH3 is 1. The van der Waals surface area contributed by atoms with E-state index >= 15 is 0 Å². The number of unbranched alkanes of at least 4 members (excludes halogenated alkanes) is 2. The van der Waals surface area contributed by atoms with Crippen molar-refractivity contribution in [2.24, 2.45) is 0 Å². The van der Waals surface area contributed by atoms with Gasteiger partial charge in [0.2, 0.25) is 0 Å². The Hall–Kier alpha value is -4.27. The molecule has 1 N–H and O–H groups in total. The average Bonchev–Trinajstić information content (AvgIpc) is 3.62. The van der Waals surface area contributed by atoms with E-state index in [-0.39, 0.29) is 17.6 Å². The van der Waals surface area contributed by atoms with Gasteiger partial charge in [-0.2, -0.15) is 0 Å². The lowest BCUT2D eigenvalue weighted by molar-refractivity contribution is -0.152. The minimum Gasteiger partial charge on any atom is -0.467 e. The molecule has 2 bridgehead atoms.